The number of halogens is 3. The first kappa shape index (κ1) is 29.7. The Bertz CT molecular complexity index is 1400. The Kier molecular flexibility index (Phi) is 9.13. The second-order valence-electron chi connectivity index (χ2n) is 8.65. The Hall–Kier alpha value is -4.89. The molecule has 2 heterocycles. The van der Waals surface area contributed by atoms with Gasteiger partial charge in [-0.3, -0.25) is 19.4 Å². The van der Waals surface area contributed by atoms with Crippen LogP contribution in [0.15, 0.2) is 30.3 Å². The number of aldehydes is 1. The molecule has 1 aliphatic rings. The first-order chi connectivity index (χ1) is 18.8. The monoisotopic (exact) mass is 566 g/mol. The second kappa shape index (κ2) is 12.3. The highest BCUT2D eigenvalue weighted by atomic mass is 19.4. The van der Waals surface area contributed by atoms with Gasteiger partial charge in [0.05, 0.1) is 11.3 Å². The zero-order chi connectivity index (χ0) is 29.6. The van der Waals surface area contributed by atoms with Crippen LogP contribution >= 0.6 is 0 Å². The van der Waals surface area contributed by atoms with Crippen LogP contribution in [0.3, 0.4) is 0 Å². The minimum atomic E-state index is -5.08. The van der Waals surface area contributed by atoms with Crippen LogP contribution in [0.5, 0.6) is 5.75 Å². The van der Waals surface area contributed by atoms with Crippen LogP contribution in [0.4, 0.5) is 23.8 Å². The molecule has 1 saturated carbocycles. The molecule has 214 valence electrons. The molecular weight excluding hydrogens is 541 g/mol. The average Bonchev–Trinajstić information content (AvgIpc) is 3.63. The molecule has 40 heavy (non-hydrogen) atoms. The fourth-order valence-electron chi connectivity index (χ4n) is 4.04. The van der Waals surface area contributed by atoms with E-state index in [1.807, 2.05) is 0 Å². The third-order valence-electron chi connectivity index (χ3n) is 5.97. The number of alkyl carbamates (subject to hydrolysis) is 1. The van der Waals surface area contributed by atoms with Gasteiger partial charge >= 0.3 is 18.2 Å². The van der Waals surface area contributed by atoms with Crippen LogP contribution in [-0.4, -0.2) is 73.8 Å². The van der Waals surface area contributed by atoms with Crippen molar-refractivity contribution in [3.8, 4) is 17.0 Å². The zero-order valence-corrected chi connectivity index (χ0v) is 21.2. The number of hydrogen-bond donors (Lipinski definition) is 5. The van der Waals surface area contributed by atoms with Gasteiger partial charge < -0.3 is 25.6 Å². The summed E-state index contributed by atoms with van der Waals surface area (Å²) in [6.45, 7) is 0. The molecule has 2 amide bonds. The van der Waals surface area contributed by atoms with Crippen molar-refractivity contribution < 1.29 is 47.3 Å². The van der Waals surface area contributed by atoms with Gasteiger partial charge in [0.25, 0.3) is 5.91 Å². The highest BCUT2D eigenvalue weighted by Gasteiger charge is 2.38. The SMILES string of the molecule is CNC(=O)OC1CCC(c2cc(NC(=O)c3cc(-c4cccc(O)c4C=O)nn3C)n[nH]2)C1.O=C(O)C(F)(F)F. The van der Waals surface area contributed by atoms with Gasteiger partial charge in [-0.15, -0.1) is 0 Å². The van der Waals surface area contributed by atoms with E-state index in [2.05, 4.69) is 25.9 Å². The molecule has 4 rings (SSSR count). The predicted molar refractivity (Wildman–Crippen MR) is 132 cm³/mol. The quantitative estimate of drug-likeness (QED) is 0.279. The lowest BCUT2D eigenvalue weighted by atomic mass is 10.0. The number of aromatic hydroxyl groups is 1. The smallest absolute Gasteiger partial charge is 0.490 e. The van der Waals surface area contributed by atoms with Gasteiger partial charge in [0, 0.05) is 37.3 Å². The van der Waals surface area contributed by atoms with E-state index in [1.165, 1.54) is 17.8 Å². The molecule has 1 aromatic carbocycles. The van der Waals surface area contributed by atoms with E-state index in [0.717, 1.165) is 18.5 Å². The lowest BCUT2D eigenvalue weighted by Crippen LogP contribution is -2.24. The number of amides is 2. The van der Waals surface area contributed by atoms with E-state index in [4.69, 9.17) is 14.6 Å². The third kappa shape index (κ3) is 7.15. The summed E-state index contributed by atoms with van der Waals surface area (Å²) in [6.07, 6.45) is -2.85. The van der Waals surface area contributed by atoms with Crippen LogP contribution in [-0.2, 0) is 16.6 Å². The van der Waals surface area contributed by atoms with Gasteiger partial charge in [0.15, 0.2) is 12.1 Å². The summed E-state index contributed by atoms with van der Waals surface area (Å²) < 4.78 is 38.4. The average molecular weight is 566 g/mol. The number of carbonyl (C=O) groups excluding carboxylic acids is 3. The topological polar surface area (TPSA) is 189 Å². The number of phenols is 1. The number of nitrogens with zero attached hydrogens (tertiary/aromatic N) is 3. The van der Waals surface area contributed by atoms with Crippen molar-refractivity contribution in [3.05, 3.63) is 47.3 Å². The lowest BCUT2D eigenvalue weighted by molar-refractivity contribution is -0.192. The summed E-state index contributed by atoms with van der Waals surface area (Å²) in [5, 5.41) is 33.7. The first-order valence-corrected chi connectivity index (χ1v) is 11.7. The number of nitrogens with one attached hydrogen (secondary N) is 3. The first-order valence-electron chi connectivity index (χ1n) is 11.7. The number of anilines is 1. The summed E-state index contributed by atoms with van der Waals surface area (Å²) in [4.78, 5) is 44.5. The molecule has 0 spiro atoms. The summed E-state index contributed by atoms with van der Waals surface area (Å²) in [6, 6.07) is 7.97. The van der Waals surface area contributed by atoms with Gasteiger partial charge in [-0.05, 0) is 31.4 Å². The minimum absolute atomic E-state index is 0.106. The molecule has 2 atom stereocenters. The number of rotatable bonds is 6. The number of hydrogen-bond acceptors (Lipinski definition) is 8. The number of aromatic nitrogens is 4. The molecule has 16 heteroatoms. The maximum Gasteiger partial charge on any atom is 0.490 e. The summed E-state index contributed by atoms with van der Waals surface area (Å²) in [5.41, 5.74) is 2.03. The lowest BCUT2D eigenvalue weighted by Gasteiger charge is -2.11. The van der Waals surface area contributed by atoms with E-state index in [0.29, 0.717) is 29.8 Å². The molecule has 2 aromatic heterocycles. The highest BCUT2D eigenvalue weighted by Crippen LogP contribution is 2.36. The fourth-order valence-corrected chi connectivity index (χ4v) is 4.04. The maximum absolute atomic E-state index is 12.8. The number of carboxylic acids is 1. The van der Waals surface area contributed by atoms with Gasteiger partial charge in [-0.2, -0.15) is 23.4 Å². The van der Waals surface area contributed by atoms with Crippen molar-refractivity contribution in [1.82, 2.24) is 25.3 Å². The van der Waals surface area contributed by atoms with Crippen LogP contribution in [0, 0.1) is 0 Å². The number of phenolic OH excluding ortho intramolecular Hbond substituents is 1. The van der Waals surface area contributed by atoms with Gasteiger partial charge in [-0.1, -0.05) is 12.1 Å². The van der Waals surface area contributed by atoms with Crippen molar-refractivity contribution in [3.63, 3.8) is 0 Å². The van der Waals surface area contributed by atoms with Crippen molar-refractivity contribution in [1.29, 1.82) is 0 Å². The Balaban J connectivity index is 0.000000559. The summed E-state index contributed by atoms with van der Waals surface area (Å²) in [7, 11) is 3.14. The number of ether oxygens (including phenoxy) is 1. The molecule has 5 N–H and O–H groups in total. The normalized spacial score (nSPS) is 16.4. The van der Waals surface area contributed by atoms with Crippen LogP contribution in [0.1, 0.15) is 51.7 Å². The fraction of sp³-hybridized carbons (Fsp3) is 0.333. The molecule has 0 aliphatic heterocycles. The Morgan fingerprint density at radius 3 is 2.55 bits per heavy atom. The largest absolute Gasteiger partial charge is 0.507 e. The highest BCUT2D eigenvalue weighted by molar-refractivity contribution is 6.03. The number of carbonyl (C=O) groups is 4. The third-order valence-corrected chi connectivity index (χ3v) is 5.97. The zero-order valence-electron chi connectivity index (χ0n) is 21.2. The van der Waals surface area contributed by atoms with Crippen molar-refractivity contribution in [2.75, 3.05) is 12.4 Å². The molecule has 1 fully saturated rings. The van der Waals surface area contributed by atoms with E-state index < -0.39 is 24.1 Å². The Labute approximate surface area is 224 Å². The molecule has 3 aromatic rings. The van der Waals surface area contributed by atoms with Gasteiger partial charge in [0.1, 0.15) is 17.5 Å². The molecule has 13 nitrogen and oxygen atoms in total. The number of aryl methyl sites for hydroxylation is 1. The number of aliphatic carboxylic acids is 1. The number of alkyl halides is 3. The molecule has 0 bridgehead atoms. The van der Waals surface area contributed by atoms with E-state index in [-0.39, 0.29) is 29.0 Å². The van der Waals surface area contributed by atoms with Crippen LogP contribution in [0.25, 0.3) is 11.3 Å². The molecule has 0 radical (unpaired) electrons. The standard InChI is InChI=1S/C22H24N6O5.C2HF3O2/c1-23-22(32)33-13-7-6-12(8-13)16-10-20(26-25-16)24-21(31)18-9-17(27-28(18)2)14-4-3-5-19(30)15(14)11-29;3-2(4,5)1(6)7/h3-5,9-13,30H,6-8H2,1-2H3,(H,23,32)(H2,24,25,26,31);(H,6,7). The summed E-state index contributed by atoms with van der Waals surface area (Å²) in [5.74, 6) is -2.83. The molecular formula is C24H25F3N6O7. The van der Waals surface area contributed by atoms with E-state index >= 15 is 0 Å². The number of H-pyrrole nitrogens is 1. The summed E-state index contributed by atoms with van der Waals surface area (Å²) >= 11 is 0. The number of aromatic amines is 1. The van der Waals surface area contributed by atoms with Gasteiger partial charge in [0.2, 0.25) is 0 Å². The minimum Gasteiger partial charge on any atom is -0.507 e. The maximum atomic E-state index is 12.8. The Morgan fingerprint density at radius 1 is 1.23 bits per heavy atom. The van der Waals surface area contributed by atoms with E-state index in [1.54, 1.807) is 31.3 Å². The number of carboxylic acid groups (broad SMARTS) is 1. The van der Waals surface area contributed by atoms with Crippen LogP contribution in [0.2, 0.25) is 0 Å². The molecule has 2 unspecified atom stereocenters. The Morgan fingerprint density at radius 2 is 1.93 bits per heavy atom. The predicted octanol–water partition coefficient (Wildman–Crippen LogP) is 3.21. The van der Waals surface area contributed by atoms with Crippen molar-refractivity contribution in [2.45, 2.75) is 37.5 Å². The molecule has 1 aliphatic carbocycles. The van der Waals surface area contributed by atoms with Crippen molar-refractivity contribution in [2.24, 2.45) is 7.05 Å². The second-order valence-corrected chi connectivity index (χ2v) is 8.65. The number of benzene rings is 1. The van der Waals surface area contributed by atoms with Gasteiger partial charge in [-0.25, -0.2) is 9.59 Å². The van der Waals surface area contributed by atoms with Crippen molar-refractivity contribution >= 4 is 30.1 Å². The van der Waals surface area contributed by atoms with E-state index in [9.17, 15) is 32.7 Å². The van der Waals surface area contributed by atoms with Crippen LogP contribution < -0.4 is 10.6 Å². The molecule has 0 saturated heterocycles.